The highest BCUT2D eigenvalue weighted by atomic mass is 32.3. The van der Waals surface area contributed by atoms with E-state index in [9.17, 15) is 0 Å². The molecule has 1 aliphatic rings. The highest BCUT2D eigenvalue weighted by molar-refractivity contribution is 8.34. The summed E-state index contributed by atoms with van der Waals surface area (Å²) in [4.78, 5) is 20.5. The summed E-state index contributed by atoms with van der Waals surface area (Å²) < 4.78 is 0. The molecule has 0 saturated heterocycles. The molecular weight excluding hydrogens is 687 g/mol. The predicted molar refractivity (Wildman–Crippen MR) is 226 cm³/mol. The number of benzene rings is 8. The number of fused-ring (bicyclic) bond motifs is 3. The third-order valence-electron chi connectivity index (χ3n) is 10.4. The summed E-state index contributed by atoms with van der Waals surface area (Å²) in [5, 5.41) is 0. The minimum absolute atomic E-state index is 0.642. The minimum Gasteiger partial charge on any atom is -0.208 e. The van der Waals surface area contributed by atoms with E-state index in [4.69, 9.17) is 15.0 Å². The maximum Gasteiger partial charge on any atom is 0.164 e. The van der Waals surface area contributed by atoms with Gasteiger partial charge in [-0.25, -0.2) is 15.0 Å². The molecule has 0 amide bonds. The van der Waals surface area contributed by atoms with Gasteiger partial charge in [-0.1, -0.05) is 176 Å². The van der Waals surface area contributed by atoms with Crippen LogP contribution in [0.3, 0.4) is 0 Å². The second-order valence-electron chi connectivity index (χ2n) is 13.6. The van der Waals surface area contributed by atoms with Crippen molar-refractivity contribution in [2.24, 2.45) is 0 Å². The summed E-state index contributed by atoms with van der Waals surface area (Å²) in [7, 11) is -1.73. The smallest absolute Gasteiger partial charge is 0.164 e. The SMILES string of the molecule is c1ccc(-c2ccc(-c3nc(-c4ccccc4)nc(-c4ccc(-c5ccc6c(c5)S(c5ccccc5)(c5ccccc5)c5ccccc5-6)cc4)n3)cc2)cc1. The van der Waals surface area contributed by atoms with Gasteiger partial charge in [-0.2, -0.15) is 0 Å². The van der Waals surface area contributed by atoms with Crippen molar-refractivity contribution in [2.45, 2.75) is 19.6 Å². The fourth-order valence-electron chi connectivity index (χ4n) is 7.75. The van der Waals surface area contributed by atoms with Gasteiger partial charge in [0.05, 0.1) is 0 Å². The molecule has 0 unspecified atom stereocenters. The van der Waals surface area contributed by atoms with Gasteiger partial charge in [-0.05, 0) is 69.8 Å². The molecule has 1 aromatic heterocycles. The Bertz CT molecular complexity index is 2730. The monoisotopic (exact) mass is 721 g/mol. The van der Waals surface area contributed by atoms with Crippen molar-refractivity contribution in [3.8, 4) is 67.5 Å². The van der Waals surface area contributed by atoms with Crippen molar-refractivity contribution in [1.82, 2.24) is 15.0 Å². The Kier molecular flexibility index (Phi) is 8.24. The van der Waals surface area contributed by atoms with E-state index in [0.29, 0.717) is 17.5 Å². The molecular formula is C51H35N3S. The number of rotatable bonds is 7. The van der Waals surface area contributed by atoms with Gasteiger partial charge in [0, 0.05) is 36.3 Å². The van der Waals surface area contributed by atoms with Crippen LogP contribution in [0, 0.1) is 0 Å². The Labute approximate surface area is 323 Å². The molecule has 260 valence electrons. The molecule has 0 N–H and O–H groups in total. The molecule has 9 aromatic rings. The molecule has 10 rings (SSSR count). The third-order valence-corrected chi connectivity index (χ3v) is 14.4. The highest BCUT2D eigenvalue weighted by Crippen LogP contribution is 2.80. The maximum atomic E-state index is 5.04. The van der Waals surface area contributed by atoms with E-state index in [1.807, 2.05) is 36.4 Å². The lowest BCUT2D eigenvalue weighted by Crippen LogP contribution is -2.02. The Hall–Kier alpha value is -6.88. The summed E-state index contributed by atoms with van der Waals surface area (Å²) in [6.45, 7) is 0. The topological polar surface area (TPSA) is 38.7 Å². The fourth-order valence-corrected chi connectivity index (χ4v) is 12.0. The zero-order valence-electron chi connectivity index (χ0n) is 30.0. The van der Waals surface area contributed by atoms with Crippen LogP contribution in [0.2, 0.25) is 0 Å². The van der Waals surface area contributed by atoms with Gasteiger partial charge in [0.25, 0.3) is 0 Å². The van der Waals surface area contributed by atoms with Crippen molar-refractivity contribution in [2.75, 3.05) is 0 Å². The average Bonchev–Trinajstić information content (AvgIpc) is 3.58. The molecule has 0 bridgehead atoms. The zero-order valence-corrected chi connectivity index (χ0v) is 30.8. The van der Waals surface area contributed by atoms with Crippen LogP contribution in [0.25, 0.3) is 67.5 Å². The van der Waals surface area contributed by atoms with E-state index in [2.05, 4.69) is 176 Å². The Morgan fingerprint density at radius 2 is 0.600 bits per heavy atom. The standard InChI is InChI=1S/C51H35N3S/c1-5-15-36(16-6-1)37-25-29-40(30-26-37)50-52-49(39-17-7-2-8-18-39)53-51(54-50)41-31-27-38(28-32-41)42-33-34-46-45-23-13-14-24-47(45)55(48(46)35-42,43-19-9-3-10-20-43)44-21-11-4-12-22-44/h1-35H. The van der Waals surface area contributed by atoms with Gasteiger partial charge in [0.1, 0.15) is 0 Å². The first-order chi connectivity index (χ1) is 27.3. The van der Waals surface area contributed by atoms with Crippen LogP contribution < -0.4 is 0 Å². The lowest BCUT2D eigenvalue weighted by atomic mass is 9.99. The molecule has 2 heterocycles. The molecule has 4 heteroatoms. The van der Waals surface area contributed by atoms with E-state index in [1.54, 1.807) is 0 Å². The van der Waals surface area contributed by atoms with Crippen LogP contribution in [0.1, 0.15) is 0 Å². The van der Waals surface area contributed by atoms with Crippen LogP contribution in [-0.2, 0) is 0 Å². The third kappa shape index (κ3) is 5.75. The van der Waals surface area contributed by atoms with Gasteiger partial charge >= 0.3 is 0 Å². The highest BCUT2D eigenvalue weighted by Gasteiger charge is 2.41. The number of hydrogen-bond donors (Lipinski definition) is 0. The molecule has 0 fully saturated rings. The van der Waals surface area contributed by atoms with Crippen LogP contribution in [0.5, 0.6) is 0 Å². The predicted octanol–water partition coefficient (Wildman–Crippen LogP) is 13.5. The number of nitrogens with zero attached hydrogens (tertiary/aromatic N) is 3. The van der Waals surface area contributed by atoms with Gasteiger partial charge in [0.2, 0.25) is 0 Å². The first kappa shape index (κ1) is 32.7. The van der Waals surface area contributed by atoms with Crippen molar-refractivity contribution < 1.29 is 0 Å². The largest absolute Gasteiger partial charge is 0.208 e. The molecule has 0 aliphatic carbocycles. The fraction of sp³-hybridized carbons (Fsp3) is 0. The Balaban J connectivity index is 1.06. The van der Waals surface area contributed by atoms with Crippen LogP contribution in [-0.4, -0.2) is 15.0 Å². The van der Waals surface area contributed by atoms with Crippen molar-refractivity contribution in [3.63, 3.8) is 0 Å². The lowest BCUT2D eigenvalue weighted by molar-refractivity contribution is 1.07. The van der Waals surface area contributed by atoms with Crippen molar-refractivity contribution in [1.29, 1.82) is 0 Å². The minimum atomic E-state index is -1.73. The van der Waals surface area contributed by atoms with Crippen LogP contribution >= 0.6 is 10.0 Å². The number of aromatic nitrogens is 3. The molecule has 3 nitrogen and oxygen atoms in total. The van der Waals surface area contributed by atoms with E-state index < -0.39 is 10.0 Å². The summed E-state index contributed by atoms with van der Waals surface area (Å²) in [6.07, 6.45) is 0. The first-order valence-electron chi connectivity index (χ1n) is 18.5. The number of hydrogen-bond acceptors (Lipinski definition) is 3. The van der Waals surface area contributed by atoms with Gasteiger partial charge in [-0.15, -0.1) is 10.0 Å². The molecule has 1 aliphatic heterocycles. The lowest BCUT2D eigenvalue weighted by Gasteiger charge is -2.39. The summed E-state index contributed by atoms with van der Waals surface area (Å²) >= 11 is 0. The molecule has 0 spiro atoms. The summed E-state index contributed by atoms with van der Waals surface area (Å²) in [5.41, 5.74) is 10.1. The second kappa shape index (κ2) is 13.8. The second-order valence-corrected chi connectivity index (χ2v) is 16.7. The van der Waals surface area contributed by atoms with E-state index in [-0.39, 0.29) is 0 Å². The van der Waals surface area contributed by atoms with E-state index >= 15 is 0 Å². The normalized spacial score (nSPS) is 13.1. The average molecular weight is 722 g/mol. The van der Waals surface area contributed by atoms with Gasteiger partial charge in [-0.3, -0.25) is 0 Å². The van der Waals surface area contributed by atoms with Gasteiger partial charge in [0.15, 0.2) is 17.5 Å². The summed E-state index contributed by atoms with van der Waals surface area (Å²) in [5.74, 6) is 1.94. The molecule has 55 heavy (non-hydrogen) atoms. The molecule has 0 atom stereocenters. The molecule has 0 radical (unpaired) electrons. The van der Waals surface area contributed by atoms with Crippen LogP contribution in [0.15, 0.2) is 232 Å². The Morgan fingerprint density at radius 3 is 1.13 bits per heavy atom. The molecule has 8 aromatic carbocycles. The van der Waals surface area contributed by atoms with E-state index in [1.165, 1.54) is 41.8 Å². The summed E-state index contributed by atoms with van der Waals surface area (Å²) in [6, 6.07) is 75.8. The quantitative estimate of drug-likeness (QED) is 0.164. The van der Waals surface area contributed by atoms with Gasteiger partial charge < -0.3 is 0 Å². The van der Waals surface area contributed by atoms with Crippen LogP contribution in [0.4, 0.5) is 0 Å². The van der Waals surface area contributed by atoms with Crippen molar-refractivity contribution >= 4 is 10.0 Å². The Morgan fingerprint density at radius 1 is 0.255 bits per heavy atom. The molecule has 0 saturated carbocycles. The van der Waals surface area contributed by atoms with Crippen molar-refractivity contribution in [3.05, 3.63) is 212 Å². The van der Waals surface area contributed by atoms with E-state index in [0.717, 1.165) is 27.8 Å². The first-order valence-corrected chi connectivity index (χ1v) is 20.1. The zero-order chi connectivity index (χ0) is 36.6. The maximum absolute atomic E-state index is 5.04.